The summed E-state index contributed by atoms with van der Waals surface area (Å²) in [7, 11) is 0. The predicted molar refractivity (Wildman–Crippen MR) is 131 cm³/mol. The lowest BCUT2D eigenvalue weighted by atomic mass is 9.88. The first kappa shape index (κ1) is 22.5. The van der Waals surface area contributed by atoms with Crippen LogP contribution in [0.2, 0.25) is 0 Å². The van der Waals surface area contributed by atoms with Gasteiger partial charge in [0.15, 0.2) is 6.61 Å². The molecule has 0 bridgehead atoms. The number of rotatable bonds is 7. The molecule has 0 radical (unpaired) electrons. The monoisotopic (exact) mass is 443 g/mol. The molecule has 0 spiro atoms. The SMILES string of the molecule is C/C(=N/NC(=O)COc1ccc2ccccc2c1)c1ccc(NC(=O)C2CCCCC2)cc1. The number of amides is 2. The van der Waals surface area contributed by atoms with Gasteiger partial charge in [-0.2, -0.15) is 5.10 Å². The van der Waals surface area contributed by atoms with E-state index in [0.717, 1.165) is 47.7 Å². The van der Waals surface area contributed by atoms with E-state index in [9.17, 15) is 9.59 Å². The topological polar surface area (TPSA) is 79.8 Å². The summed E-state index contributed by atoms with van der Waals surface area (Å²) in [5.74, 6) is 0.523. The van der Waals surface area contributed by atoms with Crippen LogP contribution in [-0.4, -0.2) is 24.1 Å². The zero-order valence-corrected chi connectivity index (χ0v) is 18.8. The van der Waals surface area contributed by atoms with Crippen LogP contribution in [0.4, 0.5) is 5.69 Å². The smallest absolute Gasteiger partial charge is 0.277 e. The maximum Gasteiger partial charge on any atom is 0.277 e. The fraction of sp³-hybridized carbons (Fsp3) is 0.296. The lowest BCUT2D eigenvalue weighted by Gasteiger charge is -2.20. The van der Waals surface area contributed by atoms with Crippen molar-refractivity contribution in [2.75, 3.05) is 11.9 Å². The molecule has 4 rings (SSSR count). The predicted octanol–water partition coefficient (Wildman–Crippen LogP) is 5.28. The summed E-state index contributed by atoms with van der Waals surface area (Å²) < 4.78 is 5.60. The molecule has 3 aromatic rings. The molecule has 2 N–H and O–H groups in total. The molecule has 1 saturated carbocycles. The lowest BCUT2D eigenvalue weighted by Crippen LogP contribution is -2.25. The first-order valence-electron chi connectivity index (χ1n) is 11.4. The van der Waals surface area contributed by atoms with E-state index in [0.29, 0.717) is 11.5 Å². The minimum Gasteiger partial charge on any atom is -0.484 e. The summed E-state index contributed by atoms with van der Waals surface area (Å²) in [6, 6.07) is 21.2. The van der Waals surface area contributed by atoms with Gasteiger partial charge in [-0.25, -0.2) is 5.43 Å². The second kappa shape index (κ2) is 10.8. The Morgan fingerprint density at radius 3 is 2.42 bits per heavy atom. The van der Waals surface area contributed by atoms with Gasteiger partial charge in [0.1, 0.15) is 5.75 Å². The first-order valence-corrected chi connectivity index (χ1v) is 11.4. The molecular formula is C27H29N3O3. The number of hydrazone groups is 1. The first-order chi connectivity index (χ1) is 16.1. The quantitative estimate of drug-likeness (QED) is 0.385. The number of nitrogens with one attached hydrogen (secondary N) is 2. The normalized spacial score (nSPS) is 14.6. The lowest BCUT2D eigenvalue weighted by molar-refractivity contribution is -0.123. The average molecular weight is 444 g/mol. The van der Waals surface area contributed by atoms with E-state index >= 15 is 0 Å². The van der Waals surface area contributed by atoms with Crippen LogP contribution in [0.1, 0.15) is 44.6 Å². The largest absolute Gasteiger partial charge is 0.484 e. The molecule has 1 aliphatic rings. The van der Waals surface area contributed by atoms with E-state index in [1.54, 1.807) is 0 Å². The van der Waals surface area contributed by atoms with Gasteiger partial charge in [-0.1, -0.05) is 61.7 Å². The van der Waals surface area contributed by atoms with Gasteiger partial charge in [0.05, 0.1) is 5.71 Å². The minimum absolute atomic E-state index is 0.103. The van der Waals surface area contributed by atoms with Crippen LogP contribution in [0.25, 0.3) is 10.8 Å². The van der Waals surface area contributed by atoms with E-state index in [1.807, 2.05) is 73.7 Å². The van der Waals surface area contributed by atoms with Gasteiger partial charge in [0.2, 0.25) is 5.91 Å². The highest BCUT2D eigenvalue weighted by Crippen LogP contribution is 2.25. The zero-order valence-electron chi connectivity index (χ0n) is 18.8. The van der Waals surface area contributed by atoms with Crippen molar-refractivity contribution in [1.29, 1.82) is 0 Å². The number of hydrogen-bond donors (Lipinski definition) is 2. The van der Waals surface area contributed by atoms with Crippen LogP contribution < -0.4 is 15.5 Å². The number of fused-ring (bicyclic) bond motifs is 1. The molecule has 170 valence electrons. The van der Waals surface area contributed by atoms with Gasteiger partial charge in [-0.15, -0.1) is 0 Å². The van der Waals surface area contributed by atoms with Crippen molar-refractivity contribution in [3.05, 3.63) is 72.3 Å². The Hall–Kier alpha value is -3.67. The fourth-order valence-electron chi connectivity index (χ4n) is 4.05. The maximum absolute atomic E-state index is 12.4. The van der Waals surface area contributed by atoms with Gasteiger partial charge in [-0.05, 0) is 60.4 Å². The number of carbonyl (C=O) groups is 2. The molecule has 0 heterocycles. The highest BCUT2D eigenvalue weighted by Gasteiger charge is 2.20. The van der Waals surface area contributed by atoms with Crippen molar-refractivity contribution in [2.45, 2.75) is 39.0 Å². The molecule has 0 unspecified atom stereocenters. The van der Waals surface area contributed by atoms with Crippen LogP contribution in [0.5, 0.6) is 5.75 Å². The third-order valence-corrected chi connectivity index (χ3v) is 5.99. The van der Waals surface area contributed by atoms with E-state index in [4.69, 9.17) is 4.74 Å². The van der Waals surface area contributed by atoms with Crippen molar-refractivity contribution in [3.63, 3.8) is 0 Å². The number of carbonyl (C=O) groups excluding carboxylic acids is 2. The Morgan fingerprint density at radius 1 is 0.939 bits per heavy atom. The van der Waals surface area contributed by atoms with Gasteiger partial charge >= 0.3 is 0 Å². The number of hydrogen-bond acceptors (Lipinski definition) is 4. The van der Waals surface area contributed by atoms with Gasteiger partial charge in [0.25, 0.3) is 5.91 Å². The van der Waals surface area contributed by atoms with Crippen molar-refractivity contribution < 1.29 is 14.3 Å². The molecule has 33 heavy (non-hydrogen) atoms. The highest BCUT2D eigenvalue weighted by atomic mass is 16.5. The van der Waals surface area contributed by atoms with Gasteiger partial charge in [-0.3, -0.25) is 9.59 Å². The van der Waals surface area contributed by atoms with Crippen molar-refractivity contribution >= 4 is 34.0 Å². The average Bonchev–Trinajstić information content (AvgIpc) is 2.86. The number of anilines is 1. The molecule has 2 amide bonds. The van der Waals surface area contributed by atoms with Crippen molar-refractivity contribution in [3.8, 4) is 5.75 Å². The Kier molecular flexibility index (Phi) is 7.35. The molecule has 1 fully saturated rings. The summed E-state index contributed by atoms with van der Waals surface area (Å²) in [6.45, 7) is 1.70. The highest BCUT2D eigenvalue weighted by molar-refractivity contribution is 6.00. The van der Waals surface area contributed by atoms with E-state index < -0.39 is 0 Å². The van der Waals surface area contributed by atoms with Gasteiger partial charge < -0.3 is 10.1 Å². The Balaban J connectivity index is 1.26. The maximum atomic E-state index is 12.4. The van der Waals surface area contributed by atoms with E-state index in [1.165, 1.54) is 6.42 Å². The van der Waals surface area contributed by atoms with E-state index in [-0.39, 0.29) is 24.3 Å². The number of ether oxygens (including phenoxy) is 1. The van der Waals surface area contributed by atoms with E-state index in [2.05, 4.69) is 15.8 Å². The molecule has 0 aromatic heterocycles. The third kappa shape index (κ3) is 6.19. The molecule has 0 atom stereocenters. The molecule has 3 aromatic carbocycles. The zero-order chi connectivity index (χ0) is 23.0. The molecule has 0 saturated heterocycles. The van der Waals surface area contributed by atoms with Crippen LogP contribution in [0.15, 0.2) is 71.8 Å². The summed E-state index contributed by atoms with van der Waals surface area (Å²) in [5, 5.41) is 9.35. The third-order valence-electron chi connectivity index (χ3n) is 5.99. The summed E-state index contributed by atoms with van der Waals surface area (Å²) >= 11 is 0. The van der Waals surface area contributed by atoms with Crippen LogP contribution in [0, 0.1) is 5.92 Å². The Labute approximate surface area is 194 Å². The second-order valence-electron chi connectivity index (χ2n) is 8.43. The molecular weight excluding hydrogens is 414 g/mol. The minimum atomic E-state index is -0.334. The summed E-state index contributed by atoms with van der Waals surface area (Å²) in [4.78, 5) is 24.5. The Bertz CT molecular complexity index is 1150. The standard InChI is InChI=1S/C27H29N3O3/c1-19(20-11-14-24(15-12-20)28-27(32)22-8-3-2-4-9-22)29-30-26(31)18-33-25-16-13-21-7-5-6-10-23(21)17-25/h5-7,10-17,22H,2-4,8-9,18H2,1H3,(H,28,32)(H,30,31)/b29-19-. The Morgan fingerprint density at radius 2 is 1.67 bits per heavy atom. The number of nitrogens with zero attached hydrogens (tertiary/aromatic N) is 1. The molecule has 6 heteroatoms. The van der Waals surface area contributed by atoms with Crippen molar-refractivity contribution in [2.24, 2.45) is 11.0 Å². The second-order valence-corrected chi connectivity index (χ2v) is 8.43. The van der Waals surface area contributed by atoms with Crippen LogP contribution in [0.3, 0.4) is 0 Å². The van der Waals surface area contributed by atoms with Crippen LogP contribution >= 0.6 is 0 Å². The summed E-state index contributed by atoms with van der Waals surface area (Å²) in [5.41, 5.74) is 4.83. The number of benzene rings is 3. The molecule has 6 nitrogen and oxygen atoms in total. The summed E-state index contributed by atoms with van der Waals surface area (Å²) in [6.07, 6.45) is 5.43. The molecule has 1 aliphatic carbocycles. The fourth-order valence-corrected chi connectivity index (χ4v) is 4.05. The molecule has 0 aliphatic heterocycles. The van der Waals surface area contributed by atoms with Crippen molar-refractivity contribution in [1.82, 2.24) is 5.43 Å². The van der Waals surface area contributed by atoms with Gasteiger partial charge in [0, 0.05) is 11.6 Å². The van der Waals surface area contributed by atoms with Crippen LogP contribution in [-0.2, 0) is 9.59 Å².